The van der Waals surface area contributed by atoms with Crippen LogP contribution in [0, 0.1) is 5.92 Å². The molecule has 0 bridgehead atoms. The Hall–Kier alpha value is -0.0400. The molecule has 1 heteroatoms. The maximum atomic E-state index is 3.63. The highest BCUT2D eigenvalue weighted by atomic mass is 14.9. The van der Waals surface area contributed by atoms with Gasteiger partial charge in [0, 0.05) is 6.04 Å². The van der Waals surface area contributed by atoms with Gasteiger partial charge < -0.3 is 5.32 Å². The van der Waals surface area contributed by atoms with Crippen LogP contribution in [-0.2, 0) is 0 Å². The van der Waals surface area contributed by atoms with E-state index >= 15 is 0 Å². The smallest absolute Gasteiger partial charge is 0.00669 e. The molecule has 0 radical (unpaired) electrons. The van der Waals surface area contributed by atoms with Crippen molar-refractivity contribution in [2.75, 3.05) is 6.54 Å². The number of hydrogen-bond acceptors (Lipinski definition) is 1. The van der Waals surface area contributed by atoms with E-state index in [4.69, 9.17) is 0 Å². The highest BCUT2D eigenvalue weighted by molar-refractivity contribution is 4.74. The minimum Gasteiger partial charge on any atom is -0.314 e. The van der Waals surface area contributed by atoms with Crippen molar-refractivity contribution in [3.63, 3.8) is 0 Å². The van der Waals surface area contributed by atoms with Crippen LogP contribution in [0.25, 0.3) is 0 Å². The molecular formula is C12H25N. The molecule has 0 aliphatic heterocycles. The Labute approximate surface area is 83.3 Å². The normalized spacial score (nSPS) is 22.6. The molecule has 1 fully saturated rings. The van der Waals surface area contributed by atoms with Crippen LogP contribution >= 0.6 is 0 Å². The average molecular weight is 183 g/mol. The highest BCUT2D eigenvalue weighted by Crippen LogP contribution is 2.25. The lowest BCUT2D eigenvalue weighted by Crippen LogP contribution is -2.33. The third-order valence-electron chi connectivity index (χ3n) is 3.32. The third-order valence-corrected chi connectivity index (χ3v) is 3.32. The van der Waals surface area contributed by atoms with E-state index in [0.29, 0.717) is 0 Å². The molecule has 13 heavy (non-hydrogen) atoms. The Kier molecular flexibility index (Phi) is 5.45. The van der Waals surface area contributed by atoms with Gasteiger partial charge in [-0.25, -0.2) is 0 Å². The van der Waals surface area contributed by atoms with Gasteiger partial charge in [-0.2, -0.15) is 0 Å². The fraction of sp³-hybridized carbons (Fsp3) is 1.00. The summed E-state index contributed by atoms with van der Waals surface area (Å²) >= 11 is 0. The standard InChI is InChI=1S/C12H25N/c1-3-10-13-11(2)12-8-6-4-5-7-9-12/h11-13H,3-10H2,1-2H3. The summed E-state index contributed by atoms with van der Waals surface area (Å²) in [5.41, 5.74) is 0. The molecule has 1 atom stereocenters. The van der Waals surface area contributed by atoms with Gasteiger partial charge in [0.1, 0.15) is 0 Å². The Balaban J connectivity index is 2.22. The van der Waals surface area contributed by atoms with E-state index in [2.05, 4.69) is 19.2 Å². The van der Waals surface area contributed by atoms with Crippen LogP contribution in [0.3, 0.4) is 0 Å². The number of rotatable bonds is 4. The van der Waals surface area contributed by atoms with Crippen molar-refractivity contribution in [1.82, 2.24) is 5.32 Å². The van der Waals surface area contributed by atoms with Crippen molar-refractivity contribution in [3.05, 3.63) is 0 Å². The van der Waals surface area contributed by atoms with Crippen molar-refractivity contribution in [2.45, 2.75) is 64.8 Å². The van der Waals surface area contributed by atoms with Gasteiger partial charge in [0.2, 0.25) is 0 Å². The summed E-state index contributed by atoms with van der Waals surface area (Å²) in [6.07, 6.45) is 10.0. The first-order chi connectivity index (χ1) is 6.34. The molecule has 78 valence electrons. The van der Waals surface area contributed by atoms with Crippen LogP contribution in [0.15, 0.2) is 0 Å². The molecule has 1 rings (SSSR count). The molecule has 0 aromatic heterocycles. The minimum atomic E-state index is 0.748. The SMILES string of the molecule is CCCNC(C)C1CCCCCC1. The van der Waals surface area contributed by atoms with E-state index in [1.807, 2.05) is 0 Å². The molecule has 1 nitrogen and oxygen atoms in total. The summed E-state index contributed by atoms with van der Waals surface area (Å²) in [6, 6.07) is 0.748. The quantitative estimate of drug-likeness (QED) is 0.659. The molecule has 0 heterocycles. The second-order valence-corrected chi connectivity index (χ2v) is 4.49. The first kappa shape index (κ1) is 11.0. The zero-order valence-electron chi connectivity index (χ0n) is 9.31. The molecule has 0 saturated heterocycles. The molecule has 0 aromatic rings. The van der Waals surface area contributed by atoms with E-state index in [9.17, 15) is 0 Å². The van der Waals surface area contributed by atoms with E-state index in [-0.39, 0.29) is 0 Å². The van der Waals surface area contributed by atoms with Gasteiger partial charge in [-0.05, 0) is 38.6 Å². The third kappa shape index (κ3) is 4.12. The number of nitrogens with one attached hydrogen (secondary N) is 1. The topological polar surface area (TPSA) is 12.0 Å². The van der Waals surface area contributed by atoms with Gasteiger partial charge >= 0.3 is 0 Å². The van der Waals surface area contributed by atoms with Crippen LogP contribution < -0.4 is 5.32 Å². The maximum absolute atomic E-state index is 3.63. The van der Waals surface area contributed by atoms with Gasteiger partial charge in [0.25, 0.3) is 0 Å². The van der Waals surface area contributed by atoms with E-state index < -0.39 is 0 Å². The molecule has 1 N–H and O–H groups in total. The Morgan fingerprint density at radius 3 is 2.31 bits per heavy atom. The summed E-state index contributed by atoms with van der Waals surface area (Å²) in [6.45, 7) is 5.80. The summed E-state index contributed by atoms with van der Waals surface area (Å²) < 4.78 is 0. The summed E-state index contributed by atoms with van der Waals surface area (Å²) in [7, 11) is 0. The molecule has 1 aliphatic rings. The largest absolute Gasteiger partial charge is 0.314 e. The monoisotopic (exact) mass is 183 g/mol. The molecule has 0 amide bonds. The minimum absolute atomic E-state index is 0.748. The van der Waals surface area contributed by atoms with Crippen LogP contribution in [-0.4, -0.2) is 12.6 Å². The van der Waals surface area contributed by atoms with Crippen LogP contribution in [0.1, 0.15) is 58.8 Å². The van der Waals surface area contributed by atoms with Crippen LogP contribution in [0.4, 0.5) is 0 Å². The Morgan fingerprint density at radius 1 is 1.15 bits per heavy atom. The summed E-state index contributed by atoms with van der Waals surface area (Å²) in [5, 5.41) is 3.63. The summed E-state index contributed by atoms with van der Waals surface area (Å²) in [5.74, 6) is 0.953. The van der Waals surface area contributed by atoms with Crippen molar-refractivity contribution in [2.24, 2.45) is 5.92 Å². The fourth-order valence-corrected chi connectivity index (χ4v) is 2.35. The van der Waals surface area contributed by atoms with Crippen molar-refractivity contribution < 1.29 is 0 Å². The van der Waals surface area contributed by atoms with E-state index in [1.165, 1.54) is 51.5 Å². The van der Waals surface area contributed by atoms with Crippen LogP contribution in [0.5, 0.6) is 0 Å². The van der Waals surface area contributed by atoms with Gasteiger partial charge in [0.05, 0.1) is 0 Å². The second-order valence-electron chi connectivity index (χ2n) is 4.49. The number of hydrogen-bond donors (Lipinski definition) is 1. The zero-order chi connectivity index (χ0) is 9.52. The van der Waals surface area contributed by atoms with Gasteiger partial charge in [-0.1, -0.05) is 32.6 Å². The lowest BCUT2D eigenvalue weighted by atomic mass is 9.93. The van der Waals surface area contributed by atoms with Crippen molar-refractivity contribution >= 4 is 0 Å². The van der Waals surface area contributed by atoms with Crippen molar-refractivity contribution in [3.8, 4) is 0 Å². The fourth-order valence-electron chi connectivity index (χ4n) is 2.35. The molecule has 1 unspecified atom stereocenters. The summed E-state index contributed by atoms with van der Waals surface area (Å²) in [4.78, 5) is 0. The van der Waals surface area contributed by atoms with Gasteiger partial charge in [-0.15, -0.1) is 0 Å². The lowest BCUT2D eigenvalue weighted by molar-refractivity contribution is 0.338. The predicted molar refractivity (Wildman–Crippen MR) is 58.9 cm³/mol. The zero-order valence-corrected chi connectivity index (χ0v) is 9.31. The first-order valence-corrected chi connectivity index (χ1v) is 6.08. The molecule has 0 spiro atoms. The molecule has 1 saturated carbocycles. The van der Waals surface area contributed by atoms with Crippen molar-refractivity contribution in [1.29, 1.82) is 0 Å². The molecule has 1 aliphatic carbocycles. The molecule has 0 aromatic carbocycles. The van der Waals surface area contributed by atoms with E-state index in [0.717, 1.165) is 12.0 Å². The predicted octanol–water partition coefficient (Wildman–Crippen LogP) is 3.34. The first-order valence-electron chi connectivity index (χ1n) is 6.08. The van der Waals surface area contributed by atoms with Crippen LogP contribution in [0.2, 0.25) is 0 Å². The average Bonchev–Trinajstić information content (AvgIpc) is 2.42. The highest BCUT2D eigenvalue weighted by Gasteiger charge is 2.17. The maximum Gasteiger partial charge on any atom is 0.00669 e. The lowest BCUT2D eigenvalue weighted by Gasteiger charge is -2.23. The molecular weight excluding hydrogens is 158 g/mol. The Bertz CT molecular complexity index is 114. The Morgan fingerprint density at radius 2 is 1.77 bits per heavy atom. The van der Waals surface area contributed by atoms with E-state index in [1.54, 1.807) is 0 Å². The van der Waals surface area contributed by atoms with Gasteiger partial charge in [-0.3, -0.25) is 0 Å². The van der Waals surface area contributed by atoms with Gasteiger partial charge in [0.15, 0.2) is 0 Å². The second kappa shape index (κ2) is 6.42.